The number of halogens is 2. The van der Waals surface area contributed by atoms with Crippen LogP contribution in [0.2, 0.25) is 0 Å². The molecule has 1 aromatic heterocycles. The normalized spacial score (nSPS) is 10.9. The summed E-state index contributed by atoms with van der Waals surface area (Å²) in [6, 6.07) is 10.7. The third-order valence-electron chi connectivity index (χ3n) is 4.74. The van der Waals surface area contributed by atoms with E-state index in [9.17, 15) is 9.18 Å². The van der Waals surface area contributed by atoms with Crippen molar-refractivity contribution in [2.24, 2.45) is 7.05 Å². The smallest absolute Gasteiger partial charge is 0.406 e. The summed E-state index contributed by atoms with van der Waals surface area (Å²) >= 11 is 3.44. The van der Waals surface area contributed by atoms with Crippen LogP contribution in [0, 0.1) is 5.82 Å². The van der Waals surface area contributed by atoms with Gasteiger partial charge in [-0.25, -0.2) is 9.18 Å². The van der Waals surface area contributed by atoms with Crippen molar-refractivity contribution in [1.29, 1.82) is 0 Å². The predicted molar refractivity (Wildman–Crippen MR) is 118 cm³/mol. The first kappa shape index (κ1) is 22.1. The highest BCUT2D eigenvalue weighted by Gasteiger charge is 2.15. The molecular weight excluding hydrogens is 453 g/mol. The van der Waals surface area contributed by atoms with Gasteiger partial charge in [0.05, 0.1) is 24.4 Å². The van der Waals surface area contributed by atoms with Gasteiger partial charge in [0.15, 0.2) is 0 Å². The third-order valence-corrected chi connectivity index (χ3v) is 5.23. The van der Waals surface area contributed by atoms with Crippen LogP contribution in [0.1, 0.15) is 25.7 Å². The summed E-state index contributed by atoms with van der Waals surface area (Å²) in [7, 11) is 3.35. The maximum absolute atomic E-state index is 14.8. The molecule has 3 rings (SSSR count). The molecule has 0 aliphatic carbocycles. The molecule has 0 aliphatic heterocycles. The van der Waals surface area contributed by atoms with E-state index in [0.717, 1.165) is 46.8 Å². The quantitative estimate of drug-likeness (QED) is 0.416. The third kappa shape index (κ3) is 5.50. The molecule has 0 spiro atoms. The summed E-state index contributed by atoms with van der Waals surface area (Å²) in [5.74, 6) is 0.167. The molecule has 3 aromatic rings. The van der Waals surface area contributed by atoms with Gasteiger partial charge in [-0.2, -0.15) is 5.10 Å². The second kappa shape index (κ2) is 10.4. The number of carbonyl (C=O) groups excluding carboxylic acids is 1. The van der Waals surface area contributed by atoms with Gasteiger partial charge in [0.2, 0.25) is 0 Å². The Labute approximate surface area is 183 Å². The highest BCUT2D eigenvalue weighted by molar-refractivity contribution is 9.10. The minimum atomic E-state index is -0.407. The van der Waals surface area contributed by atoms with Crippen molar-refractivity contribution in [2.45, 2.75) is 25.7 Å². The lowest BCUT2D eigenvalue weighted by atomic mass is 10.1. The Morgan fingerprint density at radius 2 is 1.90 bits per heavy atom. The lowest BCUT2D eigenvalue weighted by Gasteiger charge is -2.09. The second-order valence-corrected chi connectivity index (χ2v) is 7.84. The van der Waals surface area contributed by atoms with Crippen molar-refractivity contribution >= 4 is 32.9 Å². The Hall–Kier alpha value is -2.61. The summed E-state index contributed by atoms with van der Waals surface area (Å²) in [4.78, 5) is 10.9. The number of hydrogen-bond donors (Lipinski definition) is 1. The minimum absolute atomic E-state index is 0.341. The number of ether oxygens (including phenoxy) is 2. The van der Waals surface area contributed by atoms with Crippen molar-refractivity contribution in [3.05, 3.63) is 46.7 Å². The van der Waals surface area contributed by atoms with Gasteiger partial charge in [-0.05, 0) is 56.0 Å². The maximum atomic E-state index is 14.8. The van der Waals surface area contributed by atoms with Crippen LogP contribution in [0.5, 0.6) is 5.75 Å². The molecule has 1 N–H and O–H groups in total. The highest BCUT2D eigenvalue weighted by Crippen LogP contribution is 2.33. The van der Waals surface area contributed by atoms with Crippen LogP contribution in [0.15, 0.2) is 40.9 Å². The SMILES string of the molecule is CNC(=O)OCCCCCCOc1ccc(-c2c3ccc(Br)cc3nn2C)c(F)c1. The Morgan fingerprint density at radius 3 is 2.63 bits per heavy atom. The maximum Gasteiger partial charge on any atom is 0.406 e. The first-order chi connectivity index (χ1) is 14.5. The number of nitrogens with one attached hydrogen (secondary N) is 1. The first-order valence-electron chi connectivity index (χ1n) is 9.89. The highest BCUT2D eigenvalue weighted by atomic mass is 79.9. The Balaban J connectivity index is 1.53. The molecule has 8 heteroatoms. The van der Waals surface area contributed by atoms with Crippen molar-refractivity contribution in [2.75, 3.05) is 20.3 Å². The van der Waals surface area contributed by atoms with E-state index in [1.54, 1.807) is 16.8 Å². The van der Waals surface area contributed by atoms with Crippen LogP contribution in [0.4, 0.5) is 9.18 Å². The Bertz CT molecular complexity index is 1020. The minimum Gasteiger partial charge on any atom is -0.493 e. The van der Waals surface area contributed by atoms with Gasteiger partial charge in [-0.3, -0.25) is 4.68 Å². The van der Waals surface area contributed by atoms with E-state index in [1.165, 1.54) is 13.1 Å². The van der Waals surface area contributed by atoms with Gasteiger partial charge >= 0.3 is 6.09 Å². The molecule has 30 heavy (non-hydrogen) atoms. The number of fused-ring (bicyclic) bond motifs is 1. The molecule has 160 valence electrons. The van der Waals surface area contributed by atoms with Gasteiger partial charge < -0.3 is 14.8 Å². The number of amides is 1. The van der Waals surface area contributed by atoms with E-state index in [-0.39, 0.29) is 5.82 Å². The zero-order valence-electron chi connectivity index (χ0n) is 17.1. The predicted octanol–water partition coefficient (Wildman–Crippen LogP) is 5.44. The first-order valence-corrected chi connectivity index (χ1v) is 10.7. The molecule has 0 fully saturated rings. The zero-order valence-corrected chi connectivity index (χ0v) is 18.7. The van der Waals surface area contributed by atoms with Crippen molar-refractivity contribution in [1.82, 2.24) is 15.1 Å². The number of rotatable bonds is 9. The lowest BCUT2D eigenvalue weighted by molar-refractivity contribution is 0.146. The molecule has 1 heterocycles. The number of aromatic nitrogens is 2. The van der Waals surface area contributed by atoms with Crippen molar-refractivity contribution < 1.29 is 18.7 Å². The topological polar surface area (TPSA) is 65.4 Å². The number of aryl methyl sites for hydroxylation is 1. The van der Waals surface area contributed by atoms with Gasteiger partial charge in [-0.1, -0.05) is 15.9 Å². The van der Waals surface area contributed by atoms with Crippen LogP contribution in [-0.4, -0.2) is 36.1 Å². The van der Waals surface area contributed by atoms with E-state index < -0.39 is 6.09 Å². The zero-order chi connectivity index (χ0) is 21.5. The lowest BCUT2D eigenvalue weighted by Crippen LogP contribution is -2.19. The average molecular weight is 478 g/mol. The number of carbonyl (C=O) groups is 1. The average Bonchev–Trinajstić information content (AvgIpc) is 3.04. The van der Waals surface area contributed by atoms with Gasteiger partial charge in [0.25, 0.3) is 0 Å². The number of nitrogens with zero attached hydrogens (tertiary/aromatic N) is 2. The molecule has 2 aromatic carbocycles. The number of benzene rings is 2. The molecular formula is C22H25BrFN3O3. The van der Waals surface area contributed by atoms with Crippen molar-refractivity contribution in [3.63, 3.8) is 0 Å². The fourth-order valence-electron chi connectivity index (χ4n) is 3.26. The molecule has 0 bridgehead atoms. The molecule has 1 amide bonds. The number of hydrogen-bond acceptors (Lipinski definition) is 4. The van der Waals surface area contributed by atoms with Crippen LogP contribution in [-0.2, 0) is 11.8 Å². The summed E-state index contributed by atoms with van der Waals surface area (Å²) in [6.45, 7) is 0.921. The summed E-state index contributed by atoms with van der Waals surface area (Å²) in [6.07, 6.45) is 3.15. The molecule has 0 saturated carbocycles. The fourth-order valence-corrected chi connectivity index (χ4v) is 3.60. The largest absolute Gasteiger partial charge is 0.493 e. The van der Waals surface area contributed by atoms with Gasteiger partial charge in [0, 0.05) is 35.6 Å². The van der Waals surface area contributed by atoms with E-state index in [4.69, 9.17) is 9.47 Å². The van der Waals surface area contributed by atoms with Crippen LogP contribution in [0.25, 0.3) is 22.2 Å². The van der Waals surface area contributed by atoms with E-state index in [0.29, 0.717) is 24.5 Å². The monoisotopic (exact) mass is 477 g/mol. The van der Waals surface area contributed by atoms with Crippen LogP contribution >= 0.6 is 15.9 Å². The molecule has 0 aliphatic rings. The van der Waals surface area contributed by atoms with Crippen LogP contribution < -0.4 is 10.1 Å². The molecule has 0 saturated heterocycles. The summed E-state index contributed by atoms with van der Waals surface area (Å²) in [5.41, 5.74) is 2.04. The number of alkyl carbamates (subject to hydrolysis) is 1. The summed E-state index contributed by atoms with van der Waals surface area (Å²) in [5, 5.41) is 7.78. The van der Waals surface area contributed by atoms with E-state index in [1.807, 2.05) is 25.2 Å². The fraction of sp³-hybridized carbons (Fsp3) is 0.364. The van der Waals surface area contributed by atoms with Crippen molar-refractivity contribution in [3.8, 4) is 17.0 Å². The van der Waals surface area contributed by atoms with Gasteiger partial charge in [0.1, 0.15) is 11.6 Å². The molecule has 6 nitrogen and oxygen atoms in total. The molecule has 0 unspecified atom stereocenters. The molecule has 0 atom stereocenters. The molecule has 0 radical (unpaired) electrons. The van der Waals surface area contributed by atoms with Crippen LogP contribution in [0.3, 0.4) is 0 Å². The summed E-state index contributed by atoms with van der Waals surface area (Å²) < 4.78 is 28.1. The Morgan fingerprint density at radius 1 is 1.13 bits per heavy atom. The van der Waals surface area contributed by atoms with E-state index in [2.05, 4.69) is 26.3 Å². The Kier molecular flexibility index (Phi) is 7.68. The second-order valence-electron chi connectivity index (χ2n) is 6.92. The standard InChI is InChI=1S/C22H25BrFN3O3/c1-25-22(28)30-12-6-4-3-5-11-29-16-8-10-17(19(24)14-16)21-18-9-7-15(23)13-20(18)26-27(21)2/h7-10,13-14H,3-6,11-12H2,1-2H3,(H,25,28). The van der Waals surface area contributed by atoms with Gasteiger partial charge in [-0.15, -0.1) is 0 Å². The van der Waals surface area contributed by atoms with E-state index >= 15 is 0 Å². The number of unbranched alkanes of at least 4 members (excludes halogenated alkanes) is 3.